The fourth-order valence-electron chi connectivity index (χ4n) is 1.05. The van der Waals surface area contributed by atoms with E-state index < -0.39 is 0 Å². The van der Waals surface area contributed by atoms with Gasteiger partial charge in [-0.25, -0.2) is 4.99 Å². The minimum Gasteiger partial charge on any atom is -0.463 e. The van der Waals surface area contributed by atoms with Gasteiger partial charge in [0.1, 0.15) is 6.61 Å². The molecule has 2 aliphatic rings. The Hall–Kier alpha value is -0.730. The maximum absolute atomic E-state index is 5.22. The van der Waals surface area contributed by atoms with E-state index in [1.807, 2.05) is 13.8 Å². The third-order valence-corrected chi connectivity index (χ3v) is 1.91. The molecule has 3 nitrogen and oxygen atoms in total. The molecule has 0 atom stereocenters. The molecule has 0 aromatic carbocycles. The van der Waals surface area contributed by atoms with Gasteiger partial charge in [-0.1, -0.05) is 13.8 Å². The van der Waals surface area contributed by atoms with Crippen molar-refractivity contribution < 1.29 is 4.74 Å². The van der Waals surface area contributed by atoms with Gasteiger partial charge in [-0.2, -0.15) is 0 Å². The first kappa shape index (κ1) is 8.37. The van der Waals surface area contributed by atoms with E-state index in [4.69, 9.17) is 4.74 Å². The zero-order chi connectivity index (χ0) is 8.32. The molecule has 64 valence electrons. The number of nitrogens with zero attached hydrogens (tertiary/aromatic N) is 1. The normalized spacial score (nSPS) is 27.0. The van der Waals surface area contributed by atoms with Crippen LogP contribution in [0.4, 0.5) is 0 Å². The first-order chi connectivity index (χ1) is 5.35. The number of aliphatic imine (C=N–C) groups is 1. The fraction of sp³-hybridized carbons (Fsp3) is 0.875. The first-order valence-corrected chi connectivity index (χ1v) is 4.22. The van der Waals surface area contributed by atoms with Gasteiger partial charge in [0, 0.05) is 7.05 Å². The third-order valence-electron chi connectivity index (χ3n) is 1.91. The second kappa shape index (κ2) is 3.11. The van der Waals surface area contributed by atoms with Crippen molar-refractivity contribution in [1.82, 2.24) is 5.32 Å². The number of nitrogens with one attached hydrogen (secondary N) is 1. The van der Waals surface area contributed by atoms with E-state index in [1.54, 1.807) is 7.05 Å². The van der Waals surface area contributed by atoms with E-state index >= 15 is 0 Å². The van der Waals surface area contributed by atoms with Gasteiger partial charge in [0.05, 0.1) is 5.54 Å². The molecule has 1 aliphatic carbocycles. The summed E-state index contributed by atoms with van der Waals surface area (Å²) in [5, 5.41) is 3.22. The van der Waals surface area contributed by atoms with Crippen LogP contribution in [-0.2, 0) is 4.74 Å². The summed E-state index contributed by atoms with van der Waals surface area (Å²) in [4.78, 5) is 3.91. The molecule has 0 radical (unpaired) electrons. The largest absolute Gasteiger partial charge is 0.463 e. The van der Waals surface area contributed by atoms with Crippen LogP contribution in [0.2, 0.25) is 0 Å². The van der Waals surface area contributed by atoms with Crippen LogP contribution < -0.4 is 5.32 Å². The predicted molar refractivity (Wildman–Crippen MR) is 45.8 cm³/mol. The van der Waals surface area contributed by atoms with Gasteiger partial charge < -0.3 is 10.1 Å². The molecule has 1 spiro atoms. The lowest BCUT2D eigenvalue weighted by Crippen LogP contribution is -2.28. The first-order valence-electron chi connectivity index (χ1n) is 4.22. The molecule has 2 rings (SSSR count). The van der Waals surface area contributed by atoms with E-state index in [-0.39, 0.29) is 0 Å². The van der Waals surface area contributed by atoms with Crippen LogP contribution in [0.15, 0.2) is 4.99 Å². The molecule has 1 heterocycles. The minimum atomic E-state index is 0.314. The molecule has 1 N–H and O–H groups in total. The van der Waals surface area contributed by atoms with Crippen molar-refractivity contribution >= 4 is 6.02 Å². The quantitative estimate of drug-likeness (QED) is 0.571. The molecule has 1 saturated heterocycles. The highest BCUT2D eigenvalue weighted by atomic mass is 16.5. The van der Waals surface area contributed by atoms with Crippen LogP contribution in [0, 0.1) is 0 Å². The number of hydrogen-bond donors (Lipinski definition) is 1. The second-order valence-electron chi connectivity index (χ2n) is 2.72. The average Bonchev–Trinajstić information content (AvgIpc) is 2.67. The molecule has 0 aromatic rings. The van der Waals surface area contributed by atoms with Crippen molar-refractivity contribution in [3.63, 3.8) is 0 Å². The van der Waals surface area contributed by atoms with Crippen molar-refractivity contribution in [2.24, 2.45) is 4.99 Å². The Morgan fingerprint density at radius 1 is 1.45 bits per heavy atom. The Bertz CT molecular complexity index is 161. The molecular weight excluding hydrogens is 140 g/mol. The van der Waals surface area contributed by atoms with E-state index in [0.29, 0.717) is 11.6 Å². The third kappa shape index (κ3) is 1.64. The molecule has 0 aromatic heterocycles. The van der Waals surface area contributed by atoms with Gasteiger partial charge in [-0.05, 0) is 12.8 Å². The monoisotopic (exact) mass is 156 g/mol. The predicted octanol–water partition coefficient (Wildman–Crippen LogP) is 1.15. The molecular formula is C8H16N2O. The van der Waals surface area contributed by atoms with Crippen molar-refractivity contribution in [2.75, 3.05) is 13.7 Å². The Morgan fingerprint density at radius 3 is 2.36 bits per heavy atom. The zero-order valence-corrected chi connectivity index (χ0v) is 7.48. The molecule has 2 fully saturated rings. The standard InChI is InChI=1S/C6H10N2O.C2H6/c1-7-5-8-6(2-3-6)4-9-5;1-2/h2-4H2,1H3,(H,7,8);1-2H3. The van der Waals surface area contributed by atoms with Gasteiger partial charge in [0.15, 0.2) is 0 Å². The van der Waals surface area contributed by atoms with Crippen LogP contribution in [0.3, 0.4) is 0 Å². The summed E-state index contributed by atoms with van der Waals surface area (Å²) in [6, 6.07) is 0.715. The summed E-state index contributed by atoms with van der Waals surface area (Å²) in [6.45, 7) is 4.82. The lowest BCUT2D eigenvalue weighted by molar-refractivity contribution is 0.319. The highest BCUT2D eigenvalue weighted by molar-refractivity contribution is 5.77. The second-order valence-corrected chi connectivity index (χ2v) is 2.72. The number of amidine groups is 1. The van der Waals surface area contributed by atoms with E-state index in [9.17, 15) is 0 Å². The van der Waals surface area contributed by atoms with Crippen LogP contribution in [0.25, 0.3) is 0 Å². The van der Waals surface area contributed by atoms with E-state index in [1.165, 1.54) is 12.8 Å². The number of rotatable bonds is 0. The molecule has 0 amide bonds. The lowest BCUT2D eigenvalue weighted by atomic mass is 10.3. The maximum Gasteiger partial charge on any atom is 0.284 e. The van der Waals surface area contributed by atoms with E-state index in [0.717, 1.165) is 6.61 Å². The summed E-state index contributed by atoms with van der Waals surface area (Å²) in [6.07, 6.45) is 2.48. The van der Waals surface area contributed by atoms with Gasteiger partial charge >= 0.3 is 0 Å². The number of ether oxygens (including phenoxy) is 1. The summed E-state index contributed by atoms with van der Waals surface area (Å²) >= 11 is 0. The molecule has 1 aliphatic heterocycles. The fourth-order valence-corrected chi connectivity index (χ4v) is 1.05. The van der Waals surface area contributed by atoms with Crippen molar-refractivity contribution in [3.05, 3.63) is 0 Å². The van der Waals surface area contributed by atoms with Gasteiger partial charge in [0.2, 0.25) is 0 Å². The highest BCUT2D eigenvalue weighted by Gasteiger charge is 2.48. The zero-order valence-electron chi connectivity index (χ0n) is 7.48. The Morgan fingerprint density at radius 2 is 2.09 bits per heavy atom. The Labute approximate surface area is 67.8 Å². The van der Waals surface area contributed by atoms with Gasteiger partial charge in [-0.15, -0.1) is 0 Å². The molecule has 0 bridgehead atoms. The Kier molecular flexibility index (Phi) is 2.37. The molecule has 11 heavy (non-hydrogen) atoms. The number of hydrogen-bond acceptors (Lipinski definition) is 2. The van der Waals surface area contributed by atoms with E-state index in [2.05, 4.69) is 10.3 Å². The molecule has 1 saturated carbocycles. The van der Waals surface area contributed by atoms with Crippen LogP contribution in [-0.4, -0.2) is 25.2 Å². The van der Waals surface area contributed by atoms with Crippen LogP contribution >= 0.6 is 0 Å². The van der Waals surface area contributed by atoms with Crippen molar-refractivity contribution in [2.45, 2.75) is 32.2 Å². The van der Waals surface area contributed by atoms with Crippen LogP contribution in [0.1, 0.15) is 26.7 Å². The SMILES string of the molecule is CC.CN=C1NC2(CC2)CO1. The lowest BCUT2D eigenvalue weighted by Gasteiger charge is -1.98. The van der Waals surface area contributed by atoms with Gasteiger partial charge in [-0.3, -0.25) is 0 Å². The molecule has 0 unspecified atom stereocenters. The topological polar surface area (TPSA) is 33.6 Å². The summed E-state index contributed by atoms with van der Waals surface area (Å²) in [5.74, 6) is 0. The Balaban J connectivity index is 0.000000281. The maximum atomic E-state index is 5.22. The van der Waals surface area contributed by atoms with Crippen molar-refractivity contribution in [3.8, 4) is 0 Å². The van der Waals surface area contributed by atoms with Gasteiger partial charge in [0.25, 0.3) is 6.02 Å². The van der Waals surface area contributed by atoms with Crippen molar-refractivity contribution in [1.29, 1.82) is 0 Å². The average molecular weight is 156 g/mol. The summed E-state index contributed by atoms with van der Waals surface area (Å²) in [7, 11) is 1.74. The molecule has 3 heteroatoms. The smallest absolute Gasteiger partial charge is 0.284 e. The summed E-state index contributed by atoms with van der Waals surface area (Å²) in [5.41, 5.74) is 0.314. The summed E-state index contributed by atoms with van der Waals surface area (Å²) < 4.78 is 5.22. The highest BCUT2D eigenvalue weighted by Crippen LogP contribution is 2.38. The van der Waals surface area contributed by atoms with Crippen LogP contribution in [0.5, 0.6) is 0 Å². The minimum absolute atomic E-state index is 0.314.